The van der Waals surface area contributed by atoms with E-state index in [4.69, 9.17) is 15.9 Å². The third-order valence-corrected chi connectivity index (χ3v) is 2.15. The average Bonchev–Trinajstić information content (AvgIpc) is 1.82. The lowest BCUT2D eigenvalue weighted by Crippen LogP contribution is -2.58. The lowest BCUT2D eigenvalue weighted by molar-refractivity contribution is -0.154. The van der Waals surface area contributed by atoms with Crippen molar-refractivity contribution < 1.29 is 19.8 Å². The number of carbonyl (C=O) groups is 2. The molecule has 0 fully saturated rings. The van der Waals surface area contributed by atoms with Crippen LogP contribution in [-0.2, 0) is 9.59 Å². The number of aliphatic carboxylic acids is 2. The highest BCUT2D eigenvalue weighted by atomic mass is 16.4. The smallest absolute Gasteiger partial charge is 0.324 e. The van der Waals surface area contributed by atoms with Crippen LogP contribution in [0.1, 0.15) is 27.2 Å². The van der Waals surface area contributed by atoms with Crippen LogP contribution in [0.25, 0.3) is 0 Å². The highest BCUT2D eigenvalue weighted by Crippen LogP contribution is 2.31. The monoisotopic (exact) mass is 189 g/mol. The Hall–Kier alpha value is -1.10. The minimum atomic E-state index is -1.72. The SMILES string of the molecule is CC(C)(C)[C@@](N)(CC(=O)O)C(=O)O. The van der Waals surface area contributed by atoms with Gasteiger partial charge in [0.15, 0.2) is 0 Å². The molecule has 0 aliphatic rings. The predicted octanol–water partition coefficient (Wildman–Crippen LogP) is 0.289. The highest BCUT2D eigenvalue weighted by Gasteiger charge is 2.47. The lowest BCUT2D eigenvalue weighted by atomic mass is 9.72. The van der Waals surface area contributed by atoms with Gasteiger partial charge < -0.3 is 15.9 Å². The molecule has 0 saturated carbocycles. The molecule has 13 heavy (non-hydrogen) atoms. The first kappa shape index (κ1) is 11.9. The molecule has 0 spiro atoms. The number of rotatable bonds is 3. The first-order valence-corrected chi connectivity index (χ1v) is 3.85. The molecule has 5 nitrogen and oxygen atoms in total. The van der Waals surface area contributed by atoms with Gasteiger partial charge in [-0.25, -0.2) is 0 Å². The summed E-state index contributed by atoms with van der Waals surface area (Å²) in [7, 11) is 0. The van der Waals surface area contributed by atoms with E-state index in [0.29, 0.717) is 0 Å². The van der Waals surface area contributed by atoms with Gasteiger partial charge in [0, 0.05) is 0 Å². The summed E-state index contributed by atoms with van der Waals surface area (Å²) >= 11 is 0. The van der Waals surface area contributed by atoms with Gasteiger partial charge in [0.1, 0.15) is 5.54 Å². The number of hydrogen-bond donors (Lipinski definition) is 3. The largest absolute Gasteiger partial charge is 0.481 e. The molecule has 0 saturated heterocycles. The Morgan fingerprint density at radius 3 is 1.69 bits per heavy atom. The second-order valence-electron chi connectivity index (χ2n) is 4.10. The van der Waals surface area contributed by atoms with Gasteiger partial charge in [-0.2, -0.15) is 0 Å². The maximum absolute atomic E-state index is 10.8. The number of hydrogen-bond acceptors (Lipinski definition) is 3. The van der Waals surface area contributed by atoms with Gasteiger partial charge in [0.05, 0.1) is 6.42 Å². The van der Waals surface area contributed by atoms with Crippen molar-refractivity contribution in [2.75, 3.05) is 0 Å². The van der Waals surface area contributed by atoms with Crippen LogP contribution in [0.4, 0.5) is 0 Å². The Morgan fingerprint density at radius 1 is 1.23 bits per heavy atom. The highest BCUT2D eigenvalue weighted by molar-refractivity contribution is 5.85. The van der Waals surface area contributed by atoms with Gasteiger partial charge in [0.2, 0.25) is 0 Å². The molecule has 5 heteroatoms. The second-order valence-corrected chi connectivity index (χ2v) is 4.10. The van der Waals surface area contributed by atoms with Gasteiger partial charge in [-0.05, 0) is 5.41 Å². The summed E-state index contributed by atoms with van der Waals surface area (Å²) in [6, 6.07) is 0. The predicted molar refractivity (Wildman–Crippen MR) is 46.3 cm³/mol. The van der Waals surface area contributed by atoms with Crippen molar-refractivity contribution in [3.63, 3.8) is 0 Å². The van der Waals surface area contributed by atoms with Crippen LogP contribution in [-0.4, -0.2) is 27.7 Å². The molecule has 0 aliphatic carbocycles. The first-order chi connectivity index (χ1) is 5.61. The summed E-state index contributed by atoms with van der Waals surface area (Å²) in [6.07, 6.45) is -0.578. The Balaban J connectivity index is 4.96. The van der Waals surface area contributed by atoms with Gasteiger partial charge in [-0.15, -0.1) is 0 Å². The summed E-state index contributed by atoms with van der Waals surface area (Å²) in [5.74, 6) is -2.50. The van der Waals surface area contributed by atoms with E-state index in [1.54, 1.807) is 20.8 Å². The van der Waals surface area contributed by atoms with Crippen molar-refractivity contribution in [3.8, 4) is 0 Å². The number of carboxylic acid groups (broad SMARTS) is 2. The zero-order valence-electron chi connectivity index (χ0n) is 8.00. The van der Waals surface area contributed by atoms with E-state index < -0.39 is 29.3 Å². The summed E-state index contributed by atoms with van der Waals surface area (Å²) in [4.78, 5) is 21.2. The maximum Gasteiger partial charge on any atom is 0.324 e. The molecule has 0 bridgehead atoms. The van der Waals surface area contributed by atoms with Crippen LogP contribution in [0.2, 0.25) is 0 Å². The zero-order chi connectivity index (χ0) is 10.9. The molecule has 0 aliphatic heterocycles. The van der Waals surface area contributed by atoms with E-state index in [9.17, 15) is 9.59 Å². The molecule has 76 valence electrons. The molecule has 0 aromatic rings. The molecule has 0 aromatic carbocycles. The van der Waals surface area contributed by atoms with E-state index in [1.165, 1.54) is 0 Å². The Morgan fingerprint density at radius 2 is 1.62 bits per heavy atom. The normalized spacial score (nSPS) is 16.3. The number of carboxylic acids is 2. The Kier molecular flexibility index (Phi) is 3.05. The Bertz CT molecular complexity index is 231. The molecule has 4 N–H and O–H groups in total. The molecule has 0 heterocycles. The minimum Gasteiger partial charge on any atom is -0.481 e. The average molecular weight is 189 g/mol. The molecule has 0 aromatic heterocycles. The maximum atomic E-state index is 10.8. The molecule has 0 rings (SSSR count). The van der Waals surface area contributed by atoms with Crippen molar-refractivity contribution in [2.24, 2.45) is 11.1 Å². The summed E-state index contributed by atoms with van der Waals surface area (Å²) in [5, 5.41) is 17.3. The molecule has 0 radical (unpaired) electrons. The van der Waals surface area contributed by atoms with Gasteiger partial charge in [-0.3, -0.25) is 9.59 Å². The van der Waals surface area contributed by atoms with E-state index >= 15 is 0 Å². The fraction of sp³-hybridized carbons (Fsp3) is 0.750. The van der Waals surface area contributed by atoms with Crippen molar-refractivity contribution in [1.29, 1.82) is 0 Å². The van der Waals surface area contributed by atoms with E-state index in [-0.39, 0.29) is 0 Å². The first-order valence-electron chi connectivity index (χ1n) is 3.85. The molecular formula is C8H15NO4. The zero-order valence-corrected chi connectivity index (χ0v) is 8.00. The third kappa shape index (κ3) is 2.42. The van der Waals surface area contributed by atoms with E-state index in [1.807, 2.05) is 0 Å². The summed E-state index contributed by atoms with van der Waals surface area (Å²) < 4.78 is 0. The van der Waals surface area contributed by atoms with Crippen molar-refractivity contribution in [2.45, 2.75) is 32.7 Å². The van der Waals surface area contributed by atoms with Crippen LogP contribution in [0.15, 0.2) is 0 Å². The number of nitrogens with two attached hydrogens (primary N) is 1. The summed E-state index contributed by atoms with van der Waals surface area (Å²) in [5.41, 5.74) is 3.02. The Labute approximate surface area is 76.5 Å². The summed E-state index contributed by atoms with van der Waals surface area (Å²) in [6.45, 7) is 4.80. The van der Waals surface area contributed by atoms with E-state index in [2.05, 4.69) is 0 Å². The van der Waals surface area contributed by atoms with Gasteiger partial charge in [0.25, 0.3) is 0 Å². The second kappa shape index (κ2) is 3.33. The van der Waals surface area contributed by atoms with Crippen LogP contribution in [0, 0.1) is 5.41 Å². The van der Waals surface area contributed by atoms with Crippen LogP contribution < -0.4 is 5.73 Å². The molecule has 0 unspecified atom stereocenters. The molecular weight excluding hydrogens is 174 g/mol. The minimum absolute atomic E-state index is 0.578. The van der Waals surface area contributed by atoms with E-state index in [0.717, 1.165) is 0 Å². The fourth-order valence-corrected chi connectivity index (χ4v) is 0.900. The fourth-order valence-electron chi connectivity index (χ4n) is 0.900. The van der Waals surface area contributed by atoms with Crippen LogP contribution >= 0.6 is 0 Å². The van der Waals surface area contributed by atoms with Gasteiger partial charge in [-0.1, -0.05) is 20.8 Å². The topological polar surface area (TPSA) is 101 Å². The quantitative estimate of drug-likeness (QED) is 0.592. The standard InChI is InChI=1S/C8H15NO4/c1-7(2,3)8(9,6(12)13)4-5(10)11/h4,9H2,1-3H3,(H,10,11)(H,12,13)/t8-/m1/s1. The third-order valence-electron chi connectivity index (χ3n) is 2.15. The molecule has 1 atom stereocenters. The lowest BCUT2D eigenvalue weighted by Gasteiger charge is -2.36. The van der Waals surface area contributed by atoms with Crippen molar-refractivity contribution in [1.82, 2.24) is 0 Å². The van der Waals surface area contributed by atoms with Crippen LogP contribution in [0.3, 0.4) is 0 Å². The van der Waals surface area contributed by atoms with Gasteiger partial charge >= 0.3 is 11.9 Å². The molecule has 0 amide bonds. The van der Waals surface area contributed by atoms with Crippen molar-refractivity contribution in [3.05, 3.63) is 0 Å². The van der Waals surface area contributed by atoms with Crippen LogP contribution in [0.5, 0.6) is 0 Å². The van der Waals surface area contributed by atoms with Crippen molar-refractivity contribution >= 4 is 11.9 Å².